The Hall–Kier alpha value is -1.76. The van der Waals surface area contributed by atoms with Crippen molar-refractivity contribution in [2.75, 3.05) is 38.0 Å². The minimum Gasteiger partial charge on any atom is -0.385 e. The topological polar surface area (TPSA) is 44.4 Å². The van der Waals surface area contributed by atoms with Crippen LogP contribution in [0.3, 0.4) is 0 Å². The van der Waals surface area contributed by atoms with Gasteiger partial charge in [0.2, 0.25) is 0 Å². The lowest BCUT2D eigenvalue weighted by Crippen LogP contribution is -2.46. The molecule has 0 unspecified atom stereocenters. The van der Waals surface area contributed by atoms with Gasteiger partial charge < -0.3 is 15.5 Å². The van der Waals surface area contributed by atoms with Gasteiger partial charge in [-0.3, -0.25) is 4.79 Å². The molecule has 0 atom stereocenters. The number of rotatable bonds is 7. The van der Waals surface area contributed by atoms with E-state index in [4.69, 9.17) is 0 Å². The summed E-state index contributed by atoms with van der Waals surface area (Å²) < 4.78 is 39.9. The number of piperazine rings is 1. The summed E-state index contributed by atoms with van der Waals surface area (Å²) in [5.74, 6) is -0.552. The number of carbonyl (C=O) groups excluding carboxylic acids is 1. The number of nitrogens with one attached hydrogen (secondary N) is 2. The molecule has 1 aromatic carbocycles. The number of hydrogen-bond donors (Lipinski definition) is 2. The molecule has 0 radical (unpaired) electrons. The van der Waals surface area contributed by atoms with Crippen LogP contribution in [0, 0.1) is 0 Å². The number of amides is 1. The van der Waals surface area contributed by atoms with Crippen molar-refractivity contribution in [3.05, 3.63) is 29.3 Å². The molecule has 1 heterocycles. The maximum atomic E-state index is 13.3. The van der Waals surface area contributed by atoms with Crippen LogP contribution >= 0.6 is 0 Å². The predicted molar refractivity (Wildman–Crippen MR) is 92.8 cm³/mol. The Bertz CT molecular complexity index is 569. The van der Waals surface area contributed by atoms with Crippen molar-refractivity contribution in [1.82, 2.24) is 10.2 Å². The van der Waals surface area contributed by atoms with E-state index in [-0.39, 0.29) is 5.56 Å². The lowest BCUT2D eigenvalue weighted by atomic mass is 10.0. The minimum atomic E-state index is -4.54. The van der Waals surface area contributed by atoms with Crippen LogP contribution in [0.2, 0.25) is 0 Å². The van der Waals surface area contributed by atoms with Crippen molar-refractivity contribution in [3.63, 3.8) is 0 Å². The summed E-state index contributed by atoms with van der Waals surface area (Å²) in [6, 6.07) is 3.74. The van der Waals surface area contributed by atoms with Crippen molar-refractivity contribution in [2.45, 2.75) is 38.8 Å². The largest absolute Gasteiger partial charge is 0.417 e. The molecular formula is C18H26F3N3O. The van der Waals surface area contributed by atoms with Gasteiger partial charge in [-0.25, -0.2) is 0 Å². The first kappa shape index (κ1) is 19.6. The summed E-state index contributed by atoms with van der Waals surface area (Å²) in [5.41, 5.74) is -0.580. The van der Waals surface area contributed by atoms with Gasteiger partial charge in [0.1, 0.15) is 0 Å². The van der Waals surface area contributed by atoms with Gasteiger partial charge in [-0.05, 0) is 24.6 Å². The Morgan fingerprint density at radius 3 is 2.56 bits per heavy atom. The monoisotopic (exact) mass is 357 g/mol. The van der Waals surface area contributed by atoms with Crippen LogP contribution in [-0.4, -0.2) is 43.5 Å². The van der Waals surface area contributed by atoms with Crippen LogP contribution in [0.5, 0.6) is 0 Å². The molecule has 1 aromatic rings. The number of nitrogens with zero attached hydrogens (tertiary/aromatic N) is 1. The molecule has 7 heteroatoms. The second kappa shape index (κ2) is 9.08. The van der Waals surface area contributed by atoms with Crippen LogP contribution in [0.4, 0.5) is 18.9 Å². The quantitative estimate of drug-likeness (QED) is 0.731. The van der Waals surface area contributed by atoms with E-state index in [9.17, 15) is 18.0 Å². The standard InChI is InChI=1S/C18H26F3N3O/c1-2-3-4-5-8-23-14-6-7-16(18(19,20)21)15(13-14)17(25)24-11-9-22-10-12-24/h6-7,13,22-23H,2-5,8-12H2,1H3. The van der Waals surface area contributed by atoms with E-state index in [1.165, 1.54) is 17.0 Å². The molecule has 0 aromatic heterocycles. The fourth-order valence-corrected chi connectivity index (χ4v) is 2.90. The lowest BCUT2D eigenvalue weighted by Gasteiger charge is -2.28. The molecule has 0 aliphatic carbocycles. The van der Waals surface area contributed by atoms with Gasteiger partial charge in [0.15, 0.2) is 0 Å². The SMILES string of the molecule is CCCCCCNc1ccc(C(F)(F)F)c(C(=O)N2CCNCC2)c1. The third-order valence-electron chi connectivity index (χ3n) is 4.32. The molecule has 1 amide bonds. The average Bonchev–Trinajstić information content (AvgIpc) is 2.60. The van der Waals surface area contributed by atoms with E-state index >= 15 is 0 Å². The molecule has 1 fully saturated rings. The van der Waals surface area contributed by atoms with Crippen LogP contribution in [0.25, 0.3) is 0 Å². The normalized spacial score (nSPS) is 15.3. The zero-order chi connectivity index (χ0) is 18.3. The molecule has 1 aliphatic heterocycles. The lowest BCUT2D eigenvalue weighted by molar-refractivity contribution is -0.138. The second-order valence-corrected chi connectivity index (χ2v) is 6.29. The van der Waals surface area contributed by atoms with Gasteiger partial charge in [0.25, 0.3) is 5.91 Å². The highest BCUT2D eigenvalue weighted by molar-refractivity contribution is 5.97. The van der Waals surface area contributed by atoms with Gasteiger partial charge in [0.05, 0.1) is 11.1 Å². The zero-order valence-electron chi connectivity index (χ0n) is 14.6. The Morgan fingerprint density at radius 2 is 1.92 bits per heavy atom. The van der Waals surface area contributed by atoms with E-state index in [0.717, 1.165) is 31.7 Å². The fourth-order valence-electron chi connectivity index (χ4n) is 2.90. The highest BCUT2D eigenvalue weighted by Gasteiger charge is 2.36. The number of halogens is 3. The number of unbranched alkanes of at least 4 members (excludes halogenated alkanes) is 3. The van der Waals surface area contributed by atoms with Crippen LogP contribution < -0.4 is 10.6 Å². The van der Waals surface area contributed by atoms with Crippen molar-refractivity contribution in [2.24, 2.45) is 0 Å². The van der Waals surface area contributed by atoms with Crippen LogP contribution in [-0.2, 0) is 6.18 Å². The third-order valence-corrected chi connectivity index (χ3v) is 4.32. The summed E-state index contributed by atoms with van der Waals surface area (Å²) in [6.45, 7) is 4.85. The van der Waals surface area contributed by atoms with Crippen molar-refractivity contribution in [3.8, 4) is 0 Å². The first-order valence-electron chi connectivity index (χ1n) is 8.88. The summed E-state index contributed by atoms with van der Waals surface area (Å²) in [7, 11) is 0. The van der Waals surface area contributed by atoms with Gasteiger partial charge >= 0.3 is 6.18 Å². The maximum absolute atomic E-state index is 13.3. The number of benzene rings is 1. The predicted octanol–water partition coefficient (Wildman–Crippen LogP) is 3.74. The van der Waals surface area contributed by atoms with Crippen LogP contribution in [0.1, 0.15) is 48.5 Å². The molecule has 2 rings (SSSR count). The smallest absolute Gasteiger partial charge is 0.385 e. The first-order chi connectivity index (χ1) is 11.9. The summed E-state index contributed by atoms with van der Waals surface area (Å²) in [5, 5.41) is 6.22. The Labute approximate surface area is 146 Å². The molecule has 4 nitrogen and oxygen atoms in total. The Morgan fingerprint density at radius 1 is 1.20 bits per heavy atom. The van der Waals surface area contributed by atoms with Crippen molar-refractivity contribution >= 4 is 11.6 Å². The Kier molecular flexibility index (Phi) is 7.11. The van der Waals surface area contributed by atoms with Crippen LogP contribution in [0.15, 0.2) is 18.2 Å². The first-order valence-corrected chi connectivity index (χ1v) is 8.88. The molecule has 0 spiro atoms. The molecule has 1 saturated heterocycles. The minimum absolute atomic E-state index is 0.270. The second-order valence-electron chi connectivity index (χ2n) is 6.29. The van der Waals surface area contributed by atoms with Gasteiger partial charge in [-0.15, -0.1) is 0 Å². The number of alkyl halides is 3. The van der Waals surface area contributed by atoms with E-state index in [1.54, 1.807) is 0 Å². The highest BCUT2D eigenvalue weighted by atomic mass is 19.4. The van der Waals surface area contributed by atoms with E-state index in [1.807, 2.05) is 0 Å². The average molecular weight is 357 g/mol. The summed E-state index contributed by atoms with van der Waals surface area (Å²) in [6.07, 6.45) is -0.240. The molecule has 25 heavy (non-hydrogen) atoms. The maximum Gasteiger partial charge on any atom is 0.417 e. The third kappa shape index (κ3) is 5.63. The summed E-state index contributed by atoms with van der Waals surface area (Å²) in [4.78, 5) is 14.1. The number of hydrogen-bond acceptors (Lipinski definition) is 3. The fraction of sp³-hybridized carbons (Fsp3) is 0.611. The molecular weight excluding hydrogens is 331 g/mol. The molecule has 140 valence electrons. The molecule has 0 bridgehead atoms. The zero-order valence-corrected chi connectivity index (χ0v) is 14.6. The summed E-state index contributed by atoms with van der Waals surface area (Å²) >= 11 is 0. The van der Waals surface area contributed by atoms with Gasteiger partial charge in [-0.2, -0.15) is 13.2 Å². The van der Waals surface area contributed by atoms with Crippen molar-refractivity contribution < 1.29 is 18.0 Å². The molecule has 0 saturated carbocycles. The van der Waals surface area contributed by atoms with Crippen molar-refractivity contribution in [1.29, 1.82) is 0 Å². The van der Waals surface area contributed by atoms with Gasteiger partial charge in [0, 0.05) is 38.4 Å². The number of carbonyl (C=O) groups is 1. The van der Waals surface area contributed by atoms with Gasteiger partial charge in [-0.1, -0.05) is 26.2 Å². The highest BCUT2D eigenvalue weighted by Crippen LogP contribution is 2.34. The number of anilines is 1. The molecule has 1 aliphatic rings. The van der Waals surface area contributed by atoms with E-state index < -0.39 is 17.6 Å². The Balaban J connectivity index is 2.15. The van der Waals surface area contributed by atoms with E-state index in [0.29, 0.717) is 38.4 Å². The van der Waals surface area contributed by atoms with E-state index in [2.05, 4.69) is 17.6 Å². The molecule has 2 N–H and O–H groups in total.